The first-order valence-electron chi connectivity index (χ1n) is 8.78. The number of benzene rings is 2. The van der Waals surface area contributed by atoms with Crippen LogP contribution in [0.4, 0.5) is 4.79 Å². The third-order valence-electron chi connectivity index (χ3n) is 5.57. The summed E-state index contributed by atoms with van der Waals surface area (Å²) in [6.45, 7) is 0.0413. The van der Waals surface area contributed by atoms with Crippen LogP contribution in [-0.2, 0) is 19.4 Å². The lowest BCUT2D eigenvalue weighted by molar-refractivity contribution is -0.148. The molecule has 1 aliphatic carbocycles. The maximum absolute atomic E-state index is 12.5. The summed E-state index contributed by atoms with van der Waals surface area (Å²) in [7, 11) is -2.19. The number of carboxylic acid groups (broad SMARTS) is 1. The van der Waals surface area contributed by atoms with Crippen LogP contribution in [0.5, 0.6) is 0 Å². The van der Waals surface area contributed by atoms with Crippen LogP contribution in [-0.4, -0.2) is 61.2 Å². The Morgan fingerprint density at radius 1 is 1.07 bits per heavy atom. The van der Waals surface area contributed by atoms with Gasteiger partial charge in [-0.2, -0.15) is 0 Å². The number of ether oxygens (including phenoxy) is 1. The molecule has 28 heavy (non-hydrogen) atoms. The molecule has 1 fully saturated rings. The molecule has 0 radical (unpaired) electrons. The number of carbonyl (C=O) groups is 2. The fourth-order valence-corrected chi connectivity index (χ4v) is 6.02. The standard InChI is InChI=1S/C20H19NO6S/c1-21(20(18(22)23)11-28(25,26)12-20)19(24)27-10-17-15-8-4-2-6-13(15)14-7-3-5-9-16(14)17/h2-9,17H,10-12H2,1H3,(H,22,23). The van der Waals surface area contributed by atoms with E-state index in [1.807, 2.05) is 48.5 Å². The van der Waals surface area contributed by atoms with Gasteiger partial charge in [-0.3, -0.25) is 4.90 Å². The topological polar surface area (TPSA) is 101 Å². The zero-order chi connectivity index (χ0) is 20.1. The van der Waals surface area contributed by atoms with Crippen LogP contribution >= 0.6 is 0 Å². The molecule has 0 unspecified atom stereocenters. The van der Waals surface area contributed by atoms with Crippen LogP contribution in [0, 0.1) is 0 Å². The van der Waals surface area contributed by atoms with Crippen LogP contribution < -0.4 is 0 Å². The number of aliphatic carboxylic acids is 1. The minimum absolute atomic E-state index is 0.0413. The highest BCUT2D eigenvalue weighted by atomic mass is 32.2. The summed E-state index contributed by atoms with van der Waals surface area (Å²) >= 11 is 0. The number of nitrogens with zero attached hydrogens (tertiary/aromatic N) is 1. The van der Waals surface area contributed by atoms with Crippen molar-refractivity contribution in [2.45, 2.75) is 11.5 Å². The normalized spacial score (nSPS) is 18.5. The number of carbonyl (C=O) groups excluding carboxylic acids is 1. The van der Waals surface area contributed by atoms with Gasteiger partial charge in [-0.1, -0.05) is 48.5 Å². The minimum Gasteiger partial charge on any atom is -0.479 e. The molecule has 1 N–H and O–H groups in total. The SMILES string of the molecule is CN(C(=O)OCC1c2ccccc2-c2ccccc21)C1(C(=O)O)CS(=O)(=O)C1. The van der Waals surface area contributed by atoms with E-state index in [1.54, 1.807) is 0 Å². The number of sulfone groups is 1. The molecule has 2 aliphatic rings. The van der Waals surface area contributed by atoms with Crippen molar-refractivity contribution in [2.24, 2.45) is 0 Å². The second-order valence-corrected chi connectivity index (χ2v) is 9.30. The molecular weight excluding hydrogens is 382 g/mol. The Hall–Kier alpha value is -2.87. The predicted molar refractivity (Wildman–Crippen MR) is 102 cm³/mol. The van der Waals surface area contributed by atoms with E-state index in [1.165, 1.54) is 7.05 Å². The second kappa shape index (κ2) is 6.34. The molecule has 1 heterocycles. The van der Waals surface area contributed by atoms with E-state index in [4.69, 9.17) is 4.74 Å². The molecule has 7 nitrogen and oxygen atoms in total. The summed E-state index contributed by atoms with van der Waals surface area (Å²) in [6.07, 6.45) is -0.848. The van der Waals surface area contributed by atoms with Crippen LogP contribution in [0.1, 0.15) is 17.0 Å². The summed E-state index contributed by atoms with van der Waals surface area (Å²) in [5.74, 6) is -2.71. The number of fused-ring (bicyclic) bond motifs is 3. The van der Waals surface area contributed by atoms with Gasteiger partial charge in [0.05, 0.1) is 11.5 Å². The Labute approximate surface area is 162 Å². The molecule has 8 heteroatoms. The first-order chi connectivity index (χ1) is 13.3. The Kier molecular flexibility index (Phi) is 4.19. The highest BCUT2D eigenvalue weighted by Crippen LogP contribution is 2.44. The van der Waals surface area contributed by atoms with Crippen molar-refractivity contribution in [1.29, 1.82) is 0 Å². The van der Waals surface area contributed by atoms with Crippen molar-refractivity contribution >= 4 is 21.9 Å². The number of hydrogen-bond donors (Lipinski definition) is 1. The molecule has 0 atom stereocenters. The Balaban J connectivity index is 1.53. The van der Waals surface area contributed by atoms with Gasteiger partial charge < -0.3 is 9.84 Å². The van der Waals surface area contributed by atoms with E-state index in [2.05, 4.69) is 0 Å². The van der Waals surface area contributed by atoms with E-state index in [0.717, 1.165) is 27.2 Å². The van der Waals surface area contributed by atoms with E-state index < -0.39 is 38.9 Å². The molecule has 1 saturated heterocycles. The lowest BCUT2D eigenvalue weighted by atomic mass is 9.98. The molecule has 0 saturated carbocycles. The highest BCUT2D eigenvalue weighted by molar-refractivity contribution is 7.93. The average molecular weight is 401 g/mol. The fourth-order valence-electron chi connectivity index (χ4n) is 4.01. The van der Waals surface area contributed by atoms with Crippen LogP contribution in [0.15, 0.2) is 48.5 Å². The largest absolute Gasteiger partial charge is 0.479 e. The average Bonchev–Trinajstić information content (AvgIpc) is 2.97. The molecule has 146 valence electrons. The molecular formula is C20H19NO6S. The maximum atomic E-state index is 12.5. The first-order valence-corrected chi connectivity index (χ1v) is 10.6. The van der Waals surface area contributed by atoms with Gasteiger partial charge in [-0.15, -0.1) is 0 Å². The van der Waals surface area contributed by atoms with Gasteiger partial charge in [0, 0.05) is 13.0 Å². The monoisotopic (exact) mass is 401 g/mol. The molecule has 2 aromatic rings. The lowest BCUT2D eigenvalue weighted by Crippen LogP contribution is -2.70. The smallest absolute Gasteiger partial charge is 0.410 e. The quantitative estimate of drug-likeness (QED) is 0.842. The fraction of sp³-hybridized carbons (Fsp3) is 0.300. The molecule has 1 aliphatic heterocycles. The van der Waals surface area contributed by atoms with Crippen molar-refractivity contribution in [1.82, 2.24) is 4.90 Å². The van der Waals surface area contributed by atoms with Crippen molar-refractivity contribution in [2.75, 3.05) is 25.2 Å². The number of likely N-dealkylation sites (N-methyl/N-ethyl adjacent to an activating group) is 1. The van der Waals surface area contributed by atoms with E-state index in [0.29, 0.717) is 0 Å². The Morgan fingerprint density at radius 3 is 2.04 bits per heavy atom. The third kappa shape index (κ3) is 2.75. The van der Waals surface area contributed by atoms with Crippen molar-refractivity contribution in [3.8, 4) is 11.1 Å². The molecule has 0 aromatic heterocycles. The highest BCUT2D eigenvalue weighted by Gasteiger charge is 2.59. The van der Waals surface area contributed by atoms with E-state index in [9.17, 15) is 23.1 Å². The third-order valence-corrected chi connectivity index (χ3v) is 7.40. The van der Waals surface area contributed by atoms with Gasteiger partial charge in [-0.25, -0.2) is 18.0 Å². The van der Waals surface area contributed by atoms with Gasteiger partial charge in [0.25, 0.3) is 0 Å². The molecule has 4 rings (SSSR count). The summed E-state index contributed by atoms with van der Waals surface area (Å²) in [6, 6.07) is 15.7. The minimum atomic E-state index is -3.45. The number of hydrogen-bond acceptors (Lipinski definition) is 5. The van der Waals surface area contributed by atoms with Gasteiger partial charge in [0.2, 0.25) is 0 Å². The van der Waals surface area contributed by atoms with E-state index >= 15 is 0 Å². The number of rotatable bonds is 4. The summed E-state index contributed by atoms with van der Waals surface area (Å²) in [5.41, 5.74) is 2.48. The summed E-state index contributed by atoms with van der Waals surface area (Å²) < 4.78 is 28.5. The van der Waals surface area contributed by atoms with Crippen molar-refractivity contribution < 1.29 is 27.9 Å². The molecule has 0 spiro atoms. The molecule has 0 bridgehead atoms. The van der Waals surface area contributed by atoms with Crippen LogP contribution in [0.2, 0.25) is 0 Å². The Morgan fingerprint density at radius 2 is 1.57 bits per heavy atom. The zero-order valence-corrected chi connectivity index (χ0v) is 16.0. The summed E-state index contributed by atoms with van der Waals surface area (Å²) in [4.78, 5) is 25.0. The molecule has 1 amide bonds. The van der Waals surface area contributed by atoms with Gasteiger partial charge >= 0.3 is 12.1 Å². The van der Waals surface area contributed by atoms with Gasteiger partial charge in [0.15, 0.2) is 15.4 Å². The van der Waals surface area contributed by atoms with Gasteiger partial charge in [0.1, 0.15) is 6.61 Å². The van der Waals surface area contributed by atoms with Crippen LogP contribution in [0.25, 0.3) is 11.1 Å². The van der Waals surface area contributed by atoms with Crippen molar-refractivity contribution in [3.05, 3.63) is 59.7 Å². The second-order valence-electron chi connectivity index (χ2n) is 7.23. The van der Waals surface area contributed by atoms with Crippen LogP contribution in [0.3, 0.4) is 0 Å². The van der Waals surface area contributed by atoms with Crippen molar-refractivity contribution in [3.63, 3.8) is 0 Å². The predicted octanol–water partition coefficient (Wildman–Crippen LogP) is 2.12. The van der Waals surface area contributed by atoms with E-state index in [-0.39, 0.29) is 12.5 Å². The lowest BCUT2D eigenvalue weighted by Gasteiger charge is -2.43. The summed E-state index contributed by atoms with van der Waals surface area (Å²) in [5, 5.41) is 9.46. The zero-order valence-electron chi connectivity index (χ0n) is 15.2. The number of amides is 1. The number of carboxylic acids is 1. The first kappa shape index (κ1) is 18.5. The molecule has 2 aromatic carbocycles. The Bertz CT molecular complexity index is 1020. The maximum Gasteiger partial charge on any atom is 0.410 e. The van der Waals surface area contributed by atoms with Gasteiger partial charge in [-0.05, 0) is 22.3 Å².